The van der Waals surface area contributed by atoms with Gasteiger partial charge in [0.15, 0.2) is 0 Å². The SMILES string of the molecule is CCCOCc1ccc(C(=N)N)cc1F. The lowest BCUT2D eigenvalue weighted by Crippen LogP contribution is -2.11. The van der Waals surface area contributed by atoms with E-state index in [9.17, 15) is 4.39 Å². The first-order valence-corrected chi connectivity index (χ1v) is 4.85. The third kappa shape index (κ3) is 3.32. The van der Waals surface area contributed by atoms with Gasteiger partial charge in [0, 0.05) is 17.7 Å². The minimum absolute atomic E-state index is 0.130. The molecule has 0 aliphatic heterocycles. The summed E-state index contributed by atoms with van der Waals surface area (Å²) in [5, 5.41) is 7.15. The number of rotatable bonds is 5. The predicted molar refractivity (Wildman–Crippen MR) is 57.4 cm³/mol. The molecule has 82 valence electrons. The minimum atomic E-state index is -0.376. The van der Waals surface area contributed by atoms with E-state index < -0.39 is 0 Å². The second kappa shape index (κ2) is 5.46. The second-order valence-electron chi connectivity index (χ2n) is 3.27. The normalized spacial score (nSPS) is 10.3. The molecule has 3 nitrogen and oxygen atoms in total. The molecule has 4 heteroatoms. The van der Waals surface area contributed by atoms with Crippen LogP contribution in [0, 0.1) is 11.2 Å². The van der Waals surface area contributed by atoms with E-state index in [1.807, 2.05) is 6.92 Å². The molecule has 0 fully saturated rings. The summed E-state index contributed by atoms with van der Waals surface area (Å²) in [5.74, 6) is -0.506. The number of amidine groups is 1. The van der Waals surface area contributed by atoms with Gasteiger partial charge in [-0.3, -0.25) is 5.41 Å². The molecule has 1 aromatic carbocycles. The third-order valence-corrected chi connectivity index (χ3v) is 1.97. The van der Waals surface area contributed by atoms with Crippen molar-refractivity contribution in [2.24, 2.45) is 5.73 Å². The van der Waals surface area contributed by atoms with E-state index in [2.05, 4.69) is 0 Å². The summed E-state index contributed by atoms with van der Waals surface area (Å²) < 4.78 is 18.6. The molecule has 1 aromatic rings. The van der Waals surface area contributed by atoms with E-state index in [1.165, 1.54) is 6.07 Å². The van der Waals surface area contributed by atoms with Crippen molar-refractivity contribution in [2.75, 3.05) is 6.61 Å². The fourth-order valence-electron chi connectivity index (χ4n) is 1.16. The zero-order chi connectivity index (χ0) is 11.3. The topological polar surface area (TPSA) is 59.1 Å². The van der Waals surface area contributed by atoms with Crippen LogP contribution in [0.1, 0.15) is 24.5 Å². The number of hydrogen-bond donors (Lipinski definition) is 2. The first-order chi connectivity index (χ1) is 7.15. The van der Waals surface area contributed by atoms with Gasteiger partial charge in [0.25, 0.3) is 0 Å². The van der Waals surface area contributed by atoms with Gasteiger partial charge >= 0.3 is 0 Å². The molecule has 0 amide bonds. The van der Waals surface area contributed by atoms with Gasteiger partial charge in [-0.2, -0.15) is 0 Å². The Morgan fingerprint density at radius 1 is 1.53 bits per heavy atom. The van der Waals surface area contributed by atoms with Crippen LogP contribution in [0.4, 0.5) is 4.39 Å². The highest BCUT2D eigenvalue weighted by Crippen LogP contribution is 2.11. The molecule has 0 heterocycles. The molecular formula is C11H15FN2O. The van der Waals surface area contributed by atoms with Crippen molar-refractivity contribution in [1.29, 1.82) is 5.41 Å². The molecule has 15 heavy (non-hydrogen) atoms. The maximum absolute atomic E-state index is 13.4. The highest BCUT2D eigenvalue weighted by atomic mass is 19.1. The average Bonchev–Trinajstić information content (AvgIpc) is 2.20. The lowest BCUT2D eigenvalue weighted by Gasteiger charge is -2.05. The van der Waals surface area contributed by atoms with Crippen molar-refractivity contribution in [1.82, 2.24) is 0 Å². The standard InChI is InChI=1S/C11H15FN2O/c1-2-5-15-7-9-4-3-8(11(13)14)6-10(9)12/h3-4,6H,2,5,7H2,1H3,(H3,13,14). The highest BCUT2D eigenvalue weighted by Gasteiger charge is 2.04. The molecule has 3 N–H and O–H groups in total. The van der Waals surface area contributed by atoms with E-state index in [0.29, 0.717) is 17.7 Å². The number of nitrogens with two attached hydrogens (primary N) is 1. The van der Waals surface area contributed by atoms with E-state index in [-0.39, 0.29) is 18.3 Å². The van der Waals surface area contributed by atoms with Crippen molar-refractivity contribution < 1.29 is 9.13 Å². The molecule has 0 spiro atoms. The second-order valence-corrected chi connectivity index (χ2v) is 3.27. The Labute approximate surface area is 88.6 Å². The maximum Gasteiger partial charge on any atom is 0.129 e. The number of benzene rings is 1. The molecular weight excluding hydrogens is 195 g/mol. The Morgan fingerprint density at radius 2 is 2.27 bits per heavy atom. The molecule has 0 atom stereocenters. The largest absolute Gasteiger partial charge is 0.384 e. The van der Waals surface area contributed by atoms with Crippen LogP contribution in [0.3, 0.4) is 0 Å². The zero-order valence-electron chi connectivity index (χ0n) is 8.72. The Balaban J connectivity index is 2.70. The first kappa shape index (κ1) is 11.7. The molecule has 0 unspecified atom stereocenters. The van der Waals surface area contributed by atoms with Gasteiger partial charge in [0.2, 0.25) is 0 Å². The fourth-order valence-corrected chi connectivity index (χ4v) is 1.16. The van der Waals surface area contributed by atoms with Gasteiger partial charge in [-0.15, -0.1) is 0 Å². The molecule has 0 radical (unpaired) electrons. The Hall–Kier alpha value is -1.42. The number of nitrogens with one attached hydrogen (secondary N) is 1. The molecule has 0 aliphatic rings. The Morgan fingerprint density at radius 3 is 2.80 bits per heavy atom. The van der Waals surface area contributed by atoms with Crippen LogP contribution in [-0.4, -0.2) is 12.4 Å². The predicted octanol–water partition coefficient (Wildman–Crippen LogP) is 2.04. The number of nitrogen functional groups attached to an aromatic ring is 1. The molecule has 0 saturated carbocycles. The summed E-state index contributed by atoms with van der Waals surface area (Å²) in [6.07, 6.45) is 0.910. The van der Waals surface area contributed by atoms with Crippen LogP contribution in [0.2, 0.25) is 0 Å². The Bertz CT molecular complexity index is 352. The molecule has 0 bridgehead atoms. The number of halogens is 1. The van der Waals surface area contributed by atoms with Crippen molar-refractivity contribution in [2.45, 2.75) is 20.0 Å². The van der Waals surface area contributed by atoms with Gasteiger partial charge < -0.3 is 10.5 Å². The smallest absolute Gasteiger partial charge is 0.129 e. The van der Waals surface area contributed by atoms with Crippen molar-refractivity contribution in [3.05, 3.63) is 35.1 Å². The van der Waals surface area contributed by atoms with E-state index in [0.717, 1.165) is 6.42 Å². The van der Waals surface area contributed by atoms with Crippen LogP contribution < -0.4 is 5.73 Å². The van der Waals surface area contributed by atoms with E-state index in [1.54, 1.807) is 12.1 Å². The third-order valence-electron chi connectivity index (χ3n) is 1.97. The molecule has 0 aromatic heterocycles. The van der Waals surface area contributed by atoms with Crippen molar-refractivity contribution in [3.63, 3.8) is 0 Å². The quantitative estimate of drug-likeness (QED) is 0.444. The lowest BCUT2D eigenvalue weighted by molar-refractivity contribution is 0.119. The van der Waals surface area contributed by atoms with Crippen molar-refractivity contribution in [3.8, 4) is 0 Å². The maximum atomic E-state index is 13.4. The van der Waals surface area contributed by atoms with Gasteiger partial charge in [0.1, 0.15) is 11.7 Å². The summed E-state index contributed by atoms with van der Waals surface area (Å²) in [5.41, 5.74) is 6.13. The minimum Gasteiger partial charge on any atom is -0.384 e. The van der Waals surface area contributed by atoms with Crippen LogP contribution in [0.5, 0.6) is 0 Å². The van der Waals surface area contributed by atoms with Crippen LogP contribution >= 0.6 is 0 Å². The fraction of sp³-hybridized carbons (Fsp3) is 0.364. The van der Waals surface area contributed by atoms with Gasteiger partial charge in [0.05, 0.1) is 6.61 Å². The van der Waals surface area contributed by atoms with Crippen LogP contribution in [0.25, 0.3) is 0 Å². The van der Waals surface area contributed by atoms with Gasteiger partial charge in [-0.25, -0.2) is 4.39 Å². The summed E-state index contributed by atoms with van der Waals surface area (Å²) >= 11 is 0. The van der Waals surface area contributed by atoms with E-state index in [4.69, 9.17) is 15.9 Å². The summed E-state index contributed by atoms with van der Waals surface area (Å²) in [6.45, 7) is 2.88. The summed E-state index contributed by atoms with van der Waals surface area (Å²) in [6, 6.07) is 4.48. The number of hydrogen-bond acceptors (Lipinski definition) is 2. The summed E-state index contributed by atoms with van der Waals surface area (Å²) in [7, 11) is 0. The van der Waals surface area contributed by atoms with Crippen molar-refractivity contribution >= 4 is 5.84 Å². The first-order valence-electron chi connectivity index (χ1n) is 4.85. The molecule has 1 rings (SSSR count). The summed E-state index contributed by atoms with van der Waals surface area (Å²) in [4.78, 5) is 0. The Kier molecular flexibility index (Phi) is 4.24. The molecule has 0 aliphatic carbocycles. The lowest BCUT2D eigenvalue weighted by atomic mass is 10.1. The monoisotopic (exact) mass is 210 g/mol. The van der Waals surface area contributed by atoms with Gasteiger partial charge in [-0.1, -0.05) is 19.1 Å². The zero-order valence-corrected chi connectivity index (χ0v) is 8.72. The van der Waals surface area contributed by atoms with Crippen LogP contribution in [-0.2, 0) is 11.3 Å². The van der Waals surface area contributed by atoms with Crippen LogP contribution in [0.15, 0.2) is 18.2 Å². The highest BCUT2D eigenvalue weighted by molar-refractivity contribution is 5.94. The molecule has 0 saturated heterocycles. The van der Waals surface area contributed by atoms with Gasteiger partial charge in [-0.05, 0) is 12.5 Å². The average molecular weight is 210 g/mol. The number of ether oxygens (including phenoxy) is 1. The van der Waals surface area contributed by atoms with E-state index >= 15 is 0 Å².